The second kappa shape index (κ2) is 8.97. The predicted molar refractivity (Wildman–Crippen MR) is 107 cm³/mol. The number of rotatable bonds is 8. The number of ether oxygens (including phenoxy) is 1. The Kier molecular flexibility index (Phi) is 7.11. The summed E-state index contributed by atoms with van der Waals surface area (Å²) in [6.07, 6.45) is 2.44. The van der Waals surface area contributed by atoms with E-state index >= 15 is 0 Å². The number of anilines is 1. The molecule has 20 heteroatoms. The van der Waals surface area contributed by atoms with E-state index in [4.69, 9.17) is 26.7 Å². The van der Waals surface area contributed by atoms with Gasteiger partial charge in [0, 0.05) is 11.8 Å². The van der Waals surface area contributed by atoms with Gasteiger partial charge in [0.2, 0.25) is 0 Å². The van der Waals surface area contributed by atoms with E-state index < -0.39 is 60.3 Å². The van der Waals surface area contributed by atoms with Crippen molar-refractivity contribution in [3.8, 4) is 12.3 Å². The molecule has 3 heterocycles. The highest BCUT2D eigenvalue weighted by Crippen LogP contribution is 2.66. The van der Waals surface area contributed by atoms with Gasteiger partial charge in [-0.3, -0.25) is 9.52 Å². The van der Waals surface area contributed by atoms with Gasteiger partial charge >= 0.3 is 23.5 Å². The Balaban J connectivity index is 1.76. The van der Waals surface area contributed by atoms with Gasteiger partial charge in [-0.1, -0.05) is 5.92 Å². The lowest BCUT2D eigenvalue weighted by Gasteiger charge is -2.28. The third kappa shape index (κ3) is 5.63. The minimum absolute atomic E-state index is 0.330. The summed E-state index contributed by atoms with van der Waals surface area (Å²) in [5.74, 6) is 2.33. The Morgan fingerprint density at radius 3 is 2.55 bits per heavy atom. The summed E-state index contributed by atoms with van der Waals surface area (Å²) in [5.41, 5.74) is 3.99. The van der Waals surface area contributed by atoms with Crippen molar-refractivity contribution in [2.45, 2.75) is 30.2 Å². The van der Waals surface area contributed by atoms with Gasteiger partial charge in [0.15, 0.2) is 11.8 Å². The lowest BCUT2D eigenvalue weighted by Crippen LogP contribution is -2.46. The normalized spacial score (nSPS) is 32.9. The predicted octanol–water partition coefficient (Wildman–Crippen LogP) is -1.13. The second-order valence-corrected chi connectivity index (χ2v) is 11.1. The summed E-state index contributed by atoms with van der Waals surface area (Å²) in [5, 5.41) is 24.1. The van der Waals surface area contributed by atoms with Crippen LogP contribution in [0.4, 0.5) is 5.82 Å². The van der Waals surface area contributed by atoms with Gasteiger partial charge in [-0.2, -0.15) is 8.62 Å². The smallest absolute Gasteiger partial charge is 0.386 e. The van der Waals surface area contributed by atoms with Gasteiger partial charge in [-0.25, -0.2) is 13.7 Å². The molecule has 33 heavy (non-hydrogen) atoms. The molecule has 184 valence electrons. The van der Waals surface area contributed by atoms with Gasteiger partial charge in [0.25, 0.3) is 0 Å². The number of nitrogens with one attached hydrogen (secondary N) is 1. The van der Waals surface area contributed by atoms with Gasteiger partial charge in [-0.15, -0.1) is 6.42 Å². The maximum atomic E-state index is 11.9. The highest BCUT2D eigenvalue weighted by Gasteiger charge is 2.56. The van der Waals surface area contributed by atoms with Crippen molar-refractivity contribution in [1.29, 1.82) is 0 Å². The molecule has 0 aromatic carbocycles. The molecule has 1 saturated heterocycles. The Bertz CT molecular complexity index is 1130. The molecule has 3 rings (SSSR count). The summed E-state index contributed by atoms with van der Waals surface area (Å²) in [4.78, 5) is 39.8. The molecule has 0 amide bonds. The summed E-state index contributed by atoms with van der Waals surface area (Å²) < 4.78 is 52.5. The standard InChI is InChI=1S/C13H19N4O13P3/c1-2-13(19)9(18)8(5-27-32(23,24)30-33(25,26)29-31(20,21)22)28-12(13)17-4-3-7-10(14)15-6-16-11(7)17/h1,3-4,6,8-10,12,18-19H,5,14H2,(H,15,16)(H,23,24)(H,25,26)(H2,20,21,22). The van der Waals surface area contributed by atoms with Crippen LogP contribution in [0.5, 0.6) is 0 Å². The number of phosphoric ester groups is 1. The molecule has 0 aliphatic carbocycles. The van der Waals surface area contributed by atoms with E-state index in [1.54, 1.807) is 6.07 Å². The number of phosphoric acid groups is 3. The molecule has 0 saturated carbocycles. The molecule has 1 aromatic heterocycles. The quantitative estimate of drug-likeness (QED) is 0.145. The zero-order valence-electron chi connectivity index (χ0n) is 16.2. The monoisotopic (exact) mass is 532 g/mol. The van der Waals surface area contributed by atoms with Crippen LogP contribution in [-0.4, -0.2) is 65.1 Å². The van der Waals surface area contributed by atoms with Crippen LogP contribution in [0.1, 0.15) is 18.0 Å². The highest BCUT2D eigenvalue weighted by atomic mass is 31.3. The first-order valence-corrected chi connectivity index (χ1v) is 13.2. The average molecular weight is 532 g/mol. The fraction of sp³-hybridized carbons (Fsp3) is 0.462. The van der Waals surface area contributed by atoms with Crippen LogP contribution < -0.4 is 11.1 Å². The van der Waals surface area contributed by atoms with Gasteiger partial charge < -0.3 is 50.1 Å². The van der Waals surface area contributed by atoms with Crippen LogP contribution in [0.3, 0.4) is 0 Å². The van der Waals surface area contributed by atoms with Crippen LogP contribution in [0.15, 0.2) is 17.3 Å². The highest BCUT2D eigenvalue weighted by molar-refractivity contribution is 7.66. The summed E-state index contributed by atoms with van der Waals surface area (Å²) in [7, 11) is -16.8. The number of aliphatic imine (C=N–C) groups is 1. The van der Waals surface area contributed by atoms with Crippen LogP contribution in [-0.2, 0) is 31.6 Å². The molecular formula is C13H19N4O13P3. The van der Waals surface area contributed by atoms with Crippen molar-refractivity contribution in [2.24, 2.45) is 10.7 Å². The van der Waals surface area contributed by atoms with E-state index in [1.165, 1.54) is 17.1 Å². The number of aromatic nitrogens is 1. The molecule has 1 aromatic rings. The molecule has 0 spiro atoms. The number of fused-ring (bicyclic) bond motifs is 1. The van der Waals surface area contributed by atoms with Gasteiger partial charge in [0.05, 0.1) is 12.9 Å². The topological polar surface area (TPSA) is 265 Å². The van der Waals surface area contributed by atoms with Crippen molar-refractivity contribution in [2.75, 3.05) is 11.9 Å². The van der Waals surface area contributed by atoms with Crippen molar-refractivity contribution in [3.05, 3.63) is 17.8 Å². The molecule has 0 radical (unpaired) electrons. The number of terminal acetylenes is 1. The summed E-state index contributed by atoms with van der Waals surface area (Å²) in [6.45, 7) is -1.02. The number of nitrogens with two attached hydrogens (primary N) is 1. The van der Waals surface area contributed by atoms with Crippen molar-refractivity contribution >= 4 is 35.6 Å². The zero-order chi connectivity index (χ0) is 24.8. The van der Waals surface area contributed by atoms with E-state index in [1.807, 2.05) is 5.92 Å². The Morgan fingerprint density at radius 2 is 1.94 bits per heavy atom. The largest absolute Gasteiger partial charge is 0.490 e. The maximum absolute atomic E-state index is 11.9. The Morgan fingerprint density at radius 1 is 1.27 bits per heavy atom. The molecule has 2 aliphatic rings. The molecular weight excluding hydrogens is 513 g/mol. The van der Waals surface area contributed by atoms with E-state index in [9.17, 15) is 33.7 Å². The molecule has 7 atom stereocenters. The fourth-order valence-corrected chi connectivity index (χ4v) is 6.15. The SMILES string of the molecule is C#CC1(O)C(O)C(COP(=O)(O)OP(=O)(O)OP(=O)(O)O)OC1n1ccc2c1NC=NC2N. The molecule has 9 N–H and O–H groups in total. The molecule has 2 aliphatic heterocycles. The first kappa shape index (κ1) is 26.2. The third-order valence-electron chi connectivity index (χ3n) is 4.49. The lowest BCUT2D eigenvalue weighted by molar-refractivity contribution is -0.0723. The van der Waals surface area contributed by atoms with Crippen LogP contribution in [0.25, 0.3) is 0 Å². The van der Waals surface area contributed by atoms with E-state index in [0.29, 0.717) is 11.4 Å². The van der Waals surface area contributed by atoms with E-state index in [0.717, 1.165) is 0 Å². The van der Waals surface area contributed by atoms with Crippen LogP contribution in [0.2, 0.25) is 0 Å². The molecule has 7 unspecified atom stereocenters. The number of nitrogens with zero attached hydrogens (tertiary/aromatic N) is 2. The Labute approximate surface area is 185 Å². The second-order valence-electron chi connectivity index (χ2n) is 6.72. The van der Waals surface area contributed by atoms with Crippen LogP contribution in [0, 0.1) is 12.3 Å². The number of aliphatic hydroxyl groups is 2. The van der Waals surface area contributed by atoms with E-state index in [2.05, 4.69) is 23.5 Å². The van der Waals surface area contributed by atoms with Gasteiger partial charge in [-0.05, 0) is 6.07 Å². The van der Waals surface area contributed by atoms with Crippen LogP contribution >= 0.6 is 23.5 Å². The average Bonchev–Trinajstić information content (AvgIpc) is 3.18. The number of aliphatic hydroxyl groups excluding tert-OH is 1. The Hall–Kier alpha value is -1.44. The fourth-order valence-electron chi connectivity index (χ4n) is 3.12. The number of hydrogen-bond acceptors (Lipinski definition) is 12. The van der Waals surface area contributed by atoms with E-state index in [-0.39, 0.29) is 0 Å². The lowest BCUT2D eigenvalue weighted by atomic mass is 9.95. The van der Waals surface area contributed by atoms with Gasteiger partial charge in [0.1, 0.15) is 24.2 Å². The summed E-state index contributed by atoms with van der Waals surface area (Å²) >= 11 is 0. The van der Waals surface area contributed by atoms with Crippen molar-refractivity contribution in [1.82, 2.24) is 4.57 Å². The van der Waals surface area contributed by atoms with Crippen molar-refractivity contribution < 1.29 is 61.4 Å². The minimum atomic E-state index is -5.74. The molecule has 17 nitrogen and oxygen atoms in total. The summed E-state index contributed by atoms with van der Waals surface area (Å²) in [6, 6.07) is 1.55. The zero-order valence-corrected chi connectivity index (χ0v) is 18.9. The first-order chi connectivity index (χ1) is 15.1. The third-order valence-corrected chi connectivity index (χ3v) is 8.29. The molecule has 1 fully saturated rings. The molecule has 0 bridgehead atoms. The number of hydrogen-bond donors (Lipinski definition) is 8. The van der Waals surface area contributed by atoms with Crippen molar-refractivity contribution in [3.63, 3.8) is 0 Å². The first-order valence-electron chi connectivity index (χ1n) is 8.65. The minimum Gasteiger partial charge on any atom is -0.386 e. The maximum Gasteiger partial charge on any atom is 0.490 e.